The molecule has 6 nitrogen and oxygen atoms in total. The van der Waals surface area contributed by atoms with Crippen LogP contribution in [0.2, 0.25) is 0 Å². The second-order valence-corrected chi connectivity index (χ2v) is 5.30. The van der Waals surface area contributed by atoms with Crippen molar-refractivity contribution in [1.29, 1.82) is 0 Å². The Labute approximate surface area is 107 Å². The SMILES string of the molecule is CC(C)(O)C(C)(C)OB(O)c1cnn(CCO)c1. The Hall–Kier alpha value is -0.885. The fraction of sp³-hybridized carbons (Fsp3) is 0.727. The van der Waals surface area contributed by atoms with Gasteiger partial charge >= 0.3 is 7.12 Å². The van der Waals surface area contributed by atoms with Crippen molar-refractivity contribution >= 4 is 12.6 Å². The van der Waals surface area contributed by atoms with Crippen molar-refractivity contribution in [2.75, 3.05) is 6.61 Å². The molecule has 0 aliphatic heterocycles. The molecule has 0 spiro atoms. The summed E-state index contributed by atoms with van der Waals surface area (Å²) in [6.07, 6.45) is 3.07. The van der Waals surface area contributed by atoms with Gasteiger partial charge in [-0.1, -0.05) is 0 Å². The molecule has 1 aromatic heterocycles. The summed E-state index contributed by atoms with van der Waals surface area (Å²) in [7, 11) is -1.17. The van der Waals surface area contributed by atoms with Crippen LogP contribution in [0.5, 0.6) is 0 Å². The Balaban J connectivity index is 2.72. The fourth-order valence-corrected chi connectivity index (χ4v) is 1.22. The molecule has 0 saturated carbocycles. The molecule has 1 rings (SSSR count). The van der Waals surface area contributed by atoms with E-state index in [1.54, 1.807) is 33.9 Å². The summed E-state index contributed by atoms with van der Waals surface area (Å²) in [5.41, 5.74) is -1.51. The molecule has 0 bridgehead atoms. The minimum absolute atomic E-state index is 0.0206. The van der Waals surface area contributed by atoms with Crippen LogP contribution in [0.25, 0.3) is 0 Å². The second-order valence-electron chi connectivity index (χ2n) is 5.30. The van der Waals surface area contributed by atoms with Gasteiger partial charge in [-0.25, -0.2) is 0 Å². The first-order valence-electron chi connectivity index (χ1n) is 5.89. The first-order chi connectivity index (χ1) is 8.17. The zero-order valence-electron chi connectivity index (χ0n) is 11.3. The molecule has 0 amide bonds. The molecule has 3 N–H and O–H groups in total. The van der Waals surface area contributed by atoms with Crippen LogP contribution in [0.4, 0.5) is 0 Å². The maximum atomic E-state index is 9.95. The third-order valence-electron chi connectivity index (χ3n) is 3.15. The summed E-state index contributed by atoms with van der Waals surface area (Å²) in [5.74, 6) is 0. The lowest BCUT2D eigenvalue weighted by atomic mass is 9.78. The summed E-state index contributed by atoms with van der Waals surface area (Å²) >= 11 is 0. The van der Waals surface area contributed by atoms with Crippen LogP contribution in [0, 0.1) is 0 Å². The number of rotatable bonds is 6. The molecule has 0 aliphatic carbocycles. The van der Waals surface area contributed by atoms with Crippen LogP contribution < -0.4 is 5.46 Å². The van der Waals surface area contributed by atoms with Crippen LogP contribution in [-0.4, -0.2) is 49.9 Å². The number of hydrogen-bond donors (Lipinski definition) is 3. The van der Waals surface area contributed by atoms with Crippen LogP contribution in [-0.2, 0) is 11.2 Å². The molecule has 0 unspecified atom stereocenters. The van der Waals surface area contributed by atoms with E-state index in [0.29, 0.717) is 12.0 Å². The number of hydrogen-bond acceptors (Lipinski definition) is 5. The van der Waals surface area contributed by atoms with Gasteiger partial charge in [0.1, 0.15) is 0 Å². The van der Waals surface area contributed by atoms with Crippen molar-refractivity contribution in [3.8, 4) is 0 Å². The van der Waals surface area contributed by atoms with Gasteiger partial charge in [0.15, 0.2) is 0 Å². The van der Waals surface area contributed by atoms with Crippen LogP contribution in [0.1, 0.15) is 27.7 Å². The van der Waals surface area contributed by atoms with E-state index < -0.39 is 18.3 Å². The van der Waals surface area contributed by atoms with Gasteiger partial charge in [-0.2, -0.15) is 5.10 Å². The fourth-order valence-electron chi connectivity index (χ4n) is 1.22. The normalized spacial score (nSPS) is 12.8. The quantitative estimate of drug-likeness (QED) is 0.576. The smallest absolute Gasteiger partial charge is 0.423 e. The largest absolute Gasteiger partial charge is 0.494 e. The van der Waals surface area contributed by atoms with E-state index in [0.717, 1.165) is 0 Å². The van der Waals surface area contributed by atoms with Crippen molar-refractivity contribution in [3.05, 3.63) is 12.4 Å². The van der Waals surface area contributed by atoms with Crippen molar-refractivity contribution in [1.82, 2.24) is 9.78 Å². The van der Waals surface area contributed by atoms with E-state index in [2.05, 4.69) is 5.10 Å². The maximum Gasteiger partial charge on any atom is 0.494 e. The molecule has 0 saturated heterocycles. The van der Waals surface area contributed by atoms with Gasteiger partial charge in [0.05, 0.1) is 24.4 Å². The van der Waals surface area contributed by atoms with Gasteiger partial charge in [-0.3, -0.25) is 4.68 Å². The molecular formula is C11H21BN2O4. The van der Waals surface area contributed by atoms with Crippen LogP contribution in [0.15, 0.2) is 12.4 Å². The number of aromatic nitrogens is 2. The average molecular weight is 256 g/mol. The molecule has 0 atom stereocenters. The lowest BCUT2D eigenvalue weighted by molar-refractivity contribution is -0.0982. The van der Waals surface area contributed by atoms with Gasteiger partial charge in [0.25, 0.3) is 0 Å². The highest BCUT2D eigenvalue weighted by molar-refractivity contribution is 6.59. The van der Waals surface area contributed by atoms with Gasteiger partial charge in [-0.05, 0) is 27.7 Å². The zero-order valence-corrected chi connectivity index (χ0v) is 11.3. The van der Waals surface area contributed by atoms with Crippen molar-refractivity contribution in [3.63, 3.8) is 0 Å². The average Bonchev–Trinajstić information content (AvgIpc) is 2.64. The monoisotopic (exact) mass is 256 g/mol. The first kappa shape index (κ1) is 15.2. The summed E-state index contributed by atoms with van der Waals surface area (Å²) in [6, 6.07) is 0. The Bertz CT molecular complexity index is 387. The van der Waals surface area contributed by atoms with E-state index in [9.17, 15) is 10.1 Å². The van der Waals surface area contributed by atoms with E-state index >= 15 is 0 Å². The van der Waals surface area contributed by atoms with Crippen molar-refractivity contribution in [2.24, 2.45) is 0 Å². The Kier molecular flexibility index (Phi) is 4.55. The van der Waals surface area contributed by atoms with E-state index in [1.165, 1.54) is 10.9 Å². The minimum Gasteiger partial charge on any atom is -0.423 e. The molecule has 0 aromatic carbocycles. The lowest BCUT2D eigenvalue weighted by Crippen LogP contribution is -2.53. The van der Waals surface area contributed by atoms with Crippen molar-refractivity contribution in [2.45, 2.75) is 45.4 Å². The summed E-state index contributed by atoms with van der Waals surface area (Å²) in [6.45, 7) is 6.99. The molecule has 1 heterocycles. The Morgan fingerprint density at radius 1 is 1.39 bits per heavy atom. The molecule has 102 valence electrons. The van der Waals surface area contributed by atoms with E-state index in [1.807, 2.05) is 0 Å². The van der Waals surface area contributed by atoms with Crippen molar-refractivity contribution < 1.29 is 19.9 Å². The van der Waals surface area contributed by atoms with Crippen LogP contribution in [0.3, 0.4) is 0 Å². The lowest BCUT2D eigenvalue weighted by Gasteiger charge is -2.38. The third kappa shape index (κ3) is 3.55. The topological polar surface area (TPSA) is 87.7 Å². The van der Waals surface area contributed by atoms with Gasteiger partial charge in [0.2, 0.25) is 0 Å². The highest BCUT2D eigenvalue weighted by atomic mass is 16.5. The summed E-state index contributed by atoms with van der Waals surface area (Å²) in [4.78, 5) is 0. The predicted molar refractivity (Wildman–Crippen MR) is 68.4 cm³/mol. The second kappa shape index (κ2) is 5.40. The number of aliphatic hydroxyl groups excluding tert-OH is 1. The highest BCUT2D eigenvalue weighted by Crippen LogP contribution is 2.25. The maximum absolute atomic E-state index is 9.95. The first-order valence-corrected chi connectivity index (χ1v) is 5.89. The third-order valence-corrected chi connectivity index (χ3v) is 3.15. The minimum atomic E-state index is -1.17. The molecule has 18 heavy (non-hydrogen) atoms. The zero-order chi connectivity index (χ0) is 14.0. The highest BCUT2D eigenvalue weighted by Gasteiger charge is 2.39. The number of aliphatic hydroxyl groups is 2. The molecular weight excluding hydrogens is 235 g/mol. The van der Waals surface area contributed by atoms with Gasteiger partial charge in [0, 0.05) is 17.9 Å². The molecule has 0 fully saturated rings. The molecule has 7 heteroatoms. The Morgan fingerprint density at radius 2 is 2.00 bits per heavy atom. The van der Waals surface area contributed by atoms with Gasteiger partial charge in [-0.15, -0.1) is 0 Å². The van der Waals surface area contributed by atoms with Gasteiger partial charge < -0.3 is 19.9 Å². The predicted octanol–water partition coefficient (Wildman–Crippen LogP) is -0.871. The van der Waals surface area contributed by atoms with E-state index in [4.69, 9.17) is 9.76 Å². The summed E-state index contributed by atoms with van der Waals surface area (Å²) < 4.78 is 6.98. The van der Waals surface area contributed by atoms with Crippen LogP contribution >= 0.6 is 0 Å². The standard InChI is InChI=1S/C11H21BN2O4/c1-10(2,16)11(3,4)18-12(17)9-7-13-14(8-9)5-6-15/h7-8,15-17H,5-6H2,1-4H3. The Morgan fingerprint density at radius 3 is 2.50 bits per heavy atom. The van der Waals surface area contributed by atoms with E-state index in [-0.39, 0.29) is 6.61 Å². The molecule has 1 aromatic rings. The summed E-state index contributed by atoms with van der Waals surface area (Å²) in [5, 5.41) is 32.6. The molecule has 0 radical (unpaired) electrons. The molecule has 0 aliphatic rings. The number of nitrogens with zero attached hydrogens (tertiary/aromatic N) is 2.